The fourth-order valence-electron chi connectivity index (χ4n) is 2.01. The number of nitrogens with one attached hydrogen (secondary N) is 2. The number of ether oxygens (including phenoxy) is 1. The zero-order valence-electron chi connectivity index (χ0n) is 10.9. The van der Waals surface area contributed by atoms with Crippen LogP contribution >= 0.6 is 0 Å². The van der Waals surface area contributed by atoms with Crippen LogP contribution in [0.15, 0.2) is 0 Å². The molecular weight excluding hydrogens is 236 g/mol. The Kier molecular flexibility index (Phi) is 5.91. The van der Waals surface area contributed by atoms with Gasteiger partial charge in [-0.05, 0) is 19.8 Å². The van der Waals surface area contributed by atoms with Crippen molar-refractivity contribution < 1.29 is 19.4 Å². The van der Waals surface area contributed by atoms with E-state index in [1.165, 1.54) is 0 Å². The van der Waals surface area contributed by atoms with Gasteiger partial charge in [-0.3, -0.25) is 4.79 Å². The van der Waals surface area contributed by atoms with Gasteiger partial charge in [-0.2, -0.15) is 0 Å². The molecule has 0 spiro atoms. The van der Waals surface area contributed by atoms with E-state index in [0.29, 0.717) is 18.9 Å². The molecule has 18 heavy (non-hydrogen) atoms. The number of carbonyl (C=O) groups excluding carboxylic acids is 1. The number of hydrogen-bond donors (Lipinski definition) is 3. The van der Waals surface area contributed by atoms with Crippen molar-refractivity contribution in [1.29, 1.82) is 0 Å². The van der Waals surface area contributed by atoms with E-state index in [1.54, 1.807) is 0 Å². The Labute approximate surface area is 107 Å². The summed E-state index contributed by atoms with van der Waals surface area (Å²) in [5, 5.41) is 14.1. The van der Waals surface area contributed by atoms with Gasteiger partial charge in [0.2, 0.25) is 0 Å². The van der Waals surface area contributed by atoms with Crippen LogP contribution in [0.2, 0.25) is 0 Å². The van der Waals surface area contributed by atoms with Crippen LogP contribution in [0.4, 0.5) is 4.79 Å². The van der Waals surface area contributed by atoms with Gasteiger partial charge in [-0.1, -0.05) is 6.92 Å². The molecule has 1 aliphatic rings. The lowest BCUT2D eigenvalue weighted by atomic mass is 10.0. The Morgan fingerprint density at radius 3 is 2.72 bits per heavy atom. The summed E-state index contributed by atoms with van der Waals surface area (Å²) < 4.78 is 5.40. The van der Waals surface area contributed by atoms with E-state index in [2.05, 4.69) is 10.6 Å². The average molecular weight is 258 g/mol. The summed E-state index contributed by atoms with van der Waals surface area (Å²) in [6.07, 6.45) is 1.68. The standard InChI is InChI=1S/C12H22N2O4/c1-3-10(6-11(15)16)14-12(17)13-7-9-4-5-18-8(9)2/h8-10H,3-7H2,1-2H3,(H,15,16)(H2,13,14,17). The maximum Gasteiger partial charge on any atom is 0.315 e. The van der Waals surface area contributed by atoms with Crippen molar-refractivity contribution in [2.24, 2.45) is 5.92 Å². The fourth-order valence-corrected chi connectivity index (χ4v) is 2.01. The van der Waals surface area contributed by atoms with Gasteiger partial charge in [0.05, 0.1) is 12.5 Å². The topological polar surface area (TPSA) is 87.7 Å². The predicted octanol–water partition coefficient (Wildman–Crippen LogP) is 0.964. The van der Waals surface area contributed by atoms with Crippen LogP contribution in [0.5, 0.6) is 0 Å². The van der Waals surface area contributed by atoms with Crippen LogP contribution < -0.4 is 10.6 Å². The molecule has 1 fully saturated rings. The fraction of sp³-hybridized carbons (Fsp3) is 0.833. The van der Waals surface area contributed by atoms with Crippen molar-refractivity contribution in [3.05, 3.63) is 0 Å². The first kappa shape index (κ1) is 14.8. The lowest BCUT2D eigenvalue weighted by Gasteiger charge is -2.18. The van der Waals surface area contributed by atoms with Gasteiger partial charge < -0.3 is 20.5 Å². The van der Waals surface area contributed by atoms with Crippen LogP contribution in [0, 0.1) is 5.92 Å². The van der Waals surface area contributed by atoms with E-state index in [9.17, 15) is 9.59 Å². The second-order valence-electron chi connectivity index (χ2n) is 4.68. The average Bonchev–Trinajstić information content (AvgIpc) is 2.70. The van der Waals surface area contributed by atoms with Crippen LogP contribution in [-0.2, 0) is 9.53 Å². The Balaban J connectivity index is 2.25. The Bertz CT molecular complexity index is 296. The smallest absolute Gasteiger partial charge is 0.315 e. The first-order valence-corrected chi connectivity index (χ1v) is 6.40. The molecule has 0 saturated carbocycles. The first-order chi connectivity index (χ1) is 8.52. The molecule has 6 heteroatoms. The number of amides is 2. The molecule has 104 valence electrons. The van der Waals surface area contributed by atoms with Crippen molar-refractivity contribution in [1.82, 2.24) is 10.6 Å². The van der Waals surface area contributed by atoms with E-state index in [4.69, 9.17) is 9.84 Å². The number of hydrogen-bond acceptors (Lipinski definition) is 3. The zero-order chi connectivity index (χ0) is 13.5. The van der Waals surface area contributed by atoms with E-state index in [1.807, 2.05) is 13.8 Å². The molecule has 0 aromatic heterocycles. The molecule has 1 rings (SSSR count). The lowest BCUT2D eigenvalue weighted by molar-refractivity contribution is -0.137. The van der Waals surface area contributed by atoms with Crippen LogP contribution in [-0.4, -0.2) is 42.4 Å². The molecule has 3 atom stereocenters. The highest BCUT2D eigenvalue weighted by atomic mass is 16.5. The molecule has 0 aliphatic carbocycles. The molecule has 0 aromatic carbocycles. The molecular formula is C12H22N2O4. The summed E-state index contributed by atoms with van der Waals surface area (Å²) >= 11 is 0. The number of aliphatic carboxylic acids is 1. The third kappa shape index (κ3) is 4.91. The van der Waals surface area contributed by atoms with Crippen LogP contribution in [0.1, 0.15) is 33.1 Å². The largest absolute Gasteiger partial charge is 0.481 e. The maximum atomic E-state index is 11.6. The van der Waals surface area contributed by atoms with Gasteiger partial charge in [0.15, 0.2) is 0 Å². The van der Waals surface area contributed by atoms with E-state index >= 15 is 0 Å². The Hall–Kier alpha value is -1.30. The van der Waals surface area contributed by atoms with Crippen LogP contribution in [0.25, 0.3) is 0 Å². The molecule has 6 nitrogen and oxygen atoms in total. The highest BCUT2D eigenvalue weighted by molar-refractivity contribution is 5.75. The van der Waals surface area contributed by atoms with Crippen molar-refractivity contribution >= 4 is 12.0 Å². The van der Waals surface area contributed by atoms with Gasteiger partial charge in [0.1, 0.15) is 0 Å². The number of rotatable bonds is 6. The quantitative estimate of drug-likeness (QED) is 0.662. The predicted molar refractivity (Wildman–Crippen MR) is 66.4 cm³/mol. The minimum atomic E-state index is -0.903. The zero-order valence-corrected chi connectivity index (χ0v) is 10.9. The third-order valence-corrected chi connectivity index (χ3v) is 3.31. The van der Waals surface area contributed by atoms with Gasteiger partial charge in [0, 0.05) is 25.1 Å². The normalized spacial score (nSPS) is 24.6. The van der Waals surface area contributed by atoms with Crippen molar-refractivity contribution in [2.75, 3.05) is 13.2 Å². The van der Waals surface area contributed by atoms with Gasteiger partial charge >= 0.3 is 12.0 Å². The summed E-state index contributed by atoms with van der Waals surface area (Å²) in [5.74, 6) is -0.560. The molecule has 2 amide bonds. The van der Waals surface area contributed by atoms with Crippen molar-refractivity contribution in [3.8, 4) is 0 Å². The molecule has 0 radical (unpaired) electrons. The molecule has 0 bridgehead atoms. The number of carboxylic acids is 1. The maximum absolute atomic E-state index is 11.6. The number of carbonyl (C=O) groups is 2. The summed E-state index contributed by atoms with van der Waals surface area (Å²) in [5.41, 5.74) is 0. The van der Waals surface area contributed by atoms with Gasteiger partial charge in [0.25, 0.3) is 0 Å². The van der Waals surface area contributed by atoms with Crippen molar-refractivity contribution in [3.63, 3.8) is 0 Å². The minimum absolute atomic E-state index is 0.0487. The highest BCUT2D eigenvalue weighted by Gasteiger charge is 2.24. The van der Waals surface area contributed by atoms with Crippen LogP contribution in [0.3, 0.4) is 0 Å². The Morgan fingerprint density at radius 1 is 1.50 bits per heavy atom. The molecule has 1 heterocycles. The van der Waals surface area contributed by atoms with E-state index in [-0.39, 0.29) is 24.6 Å². The van der Waals surface area contributed by atoms with E-state index in [0.717, 1.165) is 13.0 Å². The third-order valence-electron chi connectivity index (χ3n) is 3.31. The monoisotopic (exact) mass is 258 g/mol. The van der Waals surface area contributed by atoms with Gasteiger partial charge in [-0.25, -0.2) is 4.79 Å². The number of carboxylic acid groups (broad SMARTS) is 1. The summed E-state index contributed by atoms with van der Waals surface area (Å²) in [7, 11) is 0. The molecule has 0 aromatic rings. The lowest BCUT2D eigenvalue weighted by Crippen LogP contribution is -2.44. The van der Waals surface area contributed by atoms with Gasteiger partial charge in [-0.15, -0.1) is 0 Å². The summed E-state index contributed by atoms with van der Waals surface area (Å²) in [6.45, 7) is 5.15. The second kappa shape index (κ2) is 7.20. The Morgan fingerprint density at radius 2 is 2.22 bits per heavy atom. The van der Waals surface area contributed by atoms with Crippen molar-refractivity contribution in [2.45, 2.75) is 45.3 Å². The number of urea groups is 1. The SMILES string of the molecule is CCC(CC(=O)O)NC(=O)NCC1CCOC1C. The minimum Gasteiger partial charge on any atom is -0.481 e. The molecule has 3 unspecified atom stereocenters. The molecule has 3 N–H and O–H groups in total. The first-order valence-electron chi connectivity index (χ1n) is 6.40. The summed E-state index contributed by atoms with van der Waals surface area (Å²) in [4.78, 5) is 22.2. The second-order valence-corrected chi connectivity index (χ2v) is 4.68. The molecule has 1 aliphatic heterocycles. The molecule has 1 saturated heterocycles. The van der Waals surface area contributed by atoms with E-state index < -0.39 is 5.97 Å². The summed E-state index contributed by atoms with van der Waals surface area (Å²) in [6, 6.07) is -0.623. The highest BCUT2D eigenvalue weighted by Crippen LogP contribution is 2.19.